The number of hydrogen-bond donors (Lipinski definition) is 1. The number of aromatic nitrogens is 2. The molecule has 0 amide bonds. The summed E-state index contributed by atoms with van der Waals surface area (Å²) in [6.45, 7) is 2.89. The van der Waals surface area contributed by atoms with Crippen molar-refractivity contribution in [3.63, 3.8) is 0 Å². The molecular formula is C19H21ClN6O2. The number of anilines is 1. The Labute approximate surface area is 168 Å². The average molecular weight is 401 g/mol. The maximum atomic E-state index is 6.03. The highest BCUT2D eigenvalue weighted by Crippen LogP contribution is 2.32. The minimum atomic E-state index is -0.418. The number of ether oxygens (including phenoxy) is 2. The van der Waals surface area contributed by atoms with E-state index in [0.717, 1.165) is 37.3 Å². The molecule has 1 aromatic heterocycles. The van der Waals surface area contributed by atoms with Crippen LogP contribution >= 0.6 is 11.6 Å². The number of nitrogens with zero attached hydrogens (tertiary/aromatic N) is 5. The van der Waals surface area contributed by atoms with Crippen molar-refractivity contribution < 1.29 is 9.47 Å². The molecule has 2 saturated heterocycles. The normalized spacial score (nSPS) is 19.6. The molecule has 0 unspecified atom stereocenters. The van der Waals surface area contributed by atoms with E-state index in [2.05, 4.69) is 25.1 Å². The minimum absolute atomic E-state index is 0.204. The van der Waals surface area contributed by atoms with Gasteiger partial charge < -0.3 is 20.1 Å². The molecule has 28 heavy (non-hydrogen) atoms. The van der Waals surface area contributed by atoms with Gasteiger partial charge in [-0.05, 0) is 17.7 Å². The first-order chi connectivity index (χ1) is 13.6. The summed E-state index contributed by atoms with van der Waals surface area (Å²) in [6.07, 6.45) is 6.50. The summed E-state index contributed by atoms with van der Waals surface area (Å²) in [5.74, 6) is 0.541. The van der Waals surface area contributed by atoms with Gasteiger partial charge in [0.15, 0.2) is 11.6 Å². The van der Waals surface area contributed by atoms with Crippen LogP contribution < -0.4 is 10.6 Å². The van der Waals surface area contributed by atoms with Gasteiger partial charge in [-0.25, -0.2) is 4.98 Å². The molecule has 3 heterocycles. The molecule has 0 atom stereocenters. The fourth-order valence-electron chi connectivity index (χ4n) is 3.25. The first-order valence-corrected chi connectivity index (χ1v) is 9.49. The smallest absolute Gasteiger partial charge is 0.173 e. The van der Waals surface area contributed by atoms with Gasteiger partial charge >= 0.3 is 0 Å². The lowest BCUT2D eigenvalue weighted by atomic mass is 10.0. The molecule has 0 aliphatic carbocycles. The Kier molecular flexibility index (Phi) is 5.52. The molecule has 0 radical (unpaired) electrons. The summed E-state index contributed by atoms with van der Waals surface area (Å²) >= 11 is 5.87. The Morgan fingerprint density at radius 3 is 2.57 bits per heavy atom. The van der Waals surface area contributed by atoms with Crippen LogP contribution in [0.3, 0.4) is 0 Å². The van der Waals surface area contributed by atoms with Gasteiger partial charge in [0.1, 0.15) is 11.5 Å². The van der Waals surface area contributed by atoms with Crippen molar-refractivity contribution in [2.75, 3.05) is 31.2 Å². The highest BCUT2D eigenvalue weighted by Gasteiger charge is 2.40. The molecule has 4 rings (SSSR count). The van der Waals surface area contributed by atoms with Crippen LogP contribution in [-0.2, 0) is 9.47 Å². The molecule has 2 N–H and O–H groups in total. The van der Waals surface area contributed by atoms with E-state index in [1.54, 1.807) is 30.7 Å². The fourth-order valence-corrected chi connectivity index (χ4v) is 3.38. The quantitative estimate of drug-likeness (QED) is 0.480. The lowest BCUT2D eigenvalue weighted by Gasteiger charge is -2.38. The first kappa shape index (κ1) is 18.8. The zero-order valence-electron chi connectivity index (χ0n) is 15.3. The maximum Gasteiger partial charge on any atom is 0.173 e. The van der Waals surface area contributed by atoms with Crippen molar-refractivity contribution in [3.8, 4) is 0 Å². The molecule has 0 saturated carbocycles. The molecule has 146 valence electrons. The number of rotatable bonds is 4. The molecule has 2 aliphatic heterocycles. The van der Waals surface area contributed by atoms with Crippen LogP contribution in [0.15, 0.2) is 46.9 Å². The van der Waals surface area contributed by atoms with Gasteiger partial charge in [-0.3, -0.25) is 4.98 Å². The molecule has 9 heteroatoms. The lowest BCUT2D eigenvalue weighted by molar-refractivity contribution is -0.169. The first-order valence-electron chi connectivity index (χ1n) is 9.11. The Morgan fingerprint density at radius 2 is 1.86 bits per heavy atom. The number of benzene rings is 1. The van der Waals surface area contributed by atoms with Gasteiger partial charge in [0.05, 0.1) is 31.8 Å². The van der Waals surface area contributed by atoms with Crippen molar-refractivity contribution in [2.45, 2.75) is 18.6 Å². The second-order valence-electron chi connectivity index (χ2n) is 6.64. The molecule has 1 aromatic carbocycles. The number of amidine groups is 1. The van der Waals surface area contributed by atoms with Crippen LogP contribution in [0.2, 0.25) is 5.02 Å². The number of halogens is 1. The van der Waals surface area contributed by atoms with Gasteiger partial charge in [-0.2, -0.15) is 5.10 Å². The van der Waals surface area contributed by atoms with Crippen molar-refractivity contribution in [1.82, 2.24) is 9.97 Å². The third kappa shape index (κ3) is 4.30. The van der Waals surface area contributed by atoms with Crippen LogP contribution in [-0.4, -0.2) is 54.1 Å². The van der Waals surface area contributed by atoms with Gasteiger partial charge in [0, 0.05) is 31.0 Å². The van der Waals surface area contributed by atoms with Gasteiger partial charge in [-0.1, -0.05) is 23.7 Å². The molecule has 8 nitrogen and oxygen atoms in total. The largest absolute Gasteiger partial charge is 0.380 e. The highest BCUT2D eigenvalue weighted by atomic mass is 35.5. The summed E-state index contributed by atoms with van der Waals surface area (Å²) in [6, 6.07) is 7.27. The summed E-state index contributed by atoms with van der Waals surface area (Å²) in [4.78, 5) is 11.0. The second-order valence-corrected chi connectivity index (χ2v) is 7.07. The second kappa shape index (κ2) is 8.22. The Hall–Kier alpha value is -2.55. The van der Waals surface area contributed by atoms with Crippen molar-refractivity contribution in [2.24, 2.45) is 15.9 Å². The number of piperidine rings is 1. The SMILES string of the molecule is N/C(=N/N=C\c1ccc(Cl)cc1)c1cncc(N2CCC3(CC2)OCCO3)n1. The van der Waals surface area contributed by atoms with E-state index in [4.69, 9.17) is 26.8 Å². The van der Waals surface area contributed by atoms with Crippen LogP contribution in [0.1, 0.15) is 24.1 Å². The van der Waals surface area contributed by atoms with E-state index >= 15 is 0 Å². The van der Waals surface area contributed by atoms with Gasteiger partial charge in [0.2, 0.25) is 0 Å². The van der Waals surface area contributed by atoms with E-state index in [0.29, 0.717) is 23.9 Å². The van der Waals surface area contributed by atoms with Gasteiger partial charge in [-0.15, -0.1) is 5.10 Å². The molecule has 1 spiro atoms. The van der Waals surface area contributed by atoms with Crippen LogP contribution in [0.4, 0.5) is 5.82 Å². The highest BCUT2D eigenvalue weighted by molar-refractivity contribution is 6.30. The molecule has 2 aliphatic rings. The number of nitrogens with two attached hydrogens (primary N) is 1. The van der Waals surface area contributed by atoms with Crippen LogP contribution in [0.25, 0.3) is 0 Å². The van der Waals surface area contributed by atoms with E-state index in [9.17, 15) is 0 Å². The molecule has 0 bridgehead atoms. The van der Waals surface area contributed by atoms with E-state index in [1.807, 2.05) is 12.1 Å². The fraction of sp³-hybridized carbons (Fsp3) is 0.368. The van der Waals surface area contributed by atoms with E-state index in [1.165, 1.54) is 0 Å². The Balaban J connectivity index is 1.42. The predicted molar refractivity (Wildman–Crippen MR) is 108 cm³/mol. The number of hydrogen-bond acceptors (Lipinski definition) is 7. The monoisotopic (exact) mass is 400 g/mol. The minimum Gasteiger partial charge on any atom is -0.380 e. The van der Waals surface area contributed by atoms with Crippen molar-refractivity contribution in [3.05, 3.63) is 52.9 Å². The molecule has 2 fully saturated rings. The zero-order valence-corrected chi connectivity index (χ0v) is 16.0. The summed E-state index contributed by atoms with van der Waals surface area (Å²) in [7, 11) is 0. The average Bonchev–Trinajstić information content (AvgIpc) is 3.18. The Bertz CT molecular complexity index is 870. The summed E-state index contributed by atoms with van der Waals surface area (Å²) in [5, 5.41) is 8.71. The summed E-state index contributed by atoms with van der Waals surface area (Å²) < 4.78 is 11.5. The van der Waals surface area contributed by atoms with Crippen molar-refractivity contribution >= 4 is 29.5 Å². The lowest BCUT2D eigenvalue weighted by Crippen LogP contribution is -2.45. The van der Waals surface area contributed by atoms with Crippen molar-refractivity contribution in [1.29, 1.82) is 0 Å². The predicted octanol–water partition coefficient (Wildman–Crippen LogP) is 2.21. The van der Waals surface area contributed by atoms with Crippen LogP contribution in [0.5, 0.6) is 0 Å². The molecular weight excluding hydrogens is 380 g/mol. The molecule has 2 aromatic rings. The van der Waals surface area contributed by atoms with Gasteiger partial charge in [0.25, 0.3) is 0 Å². The maximum absolute atomic E-state index is 6.03. The third-order valence-corrected chi connectivity index (χ3v) is 5.04. The summed E-state index contributed by atoms with van der Waals surface area (Å²) in [5.41, 5.74) is 7.39. The third-order valence-electron chi connectivity index (χ3n) is 4.79. The standard InChI is InChI=1S/C19H21ClN6O2/c20-15-3-1-14(2-4-15)11-23-25-18(21)16-12-22-13-17(24-16)26-7-5-19(6-8-26)27-9-10-28-19/h1-4,11-13H,5-10H2,(H2,21,25)/b23-11-. The van der Waals surface area contributed by atoms with E-state index < -0.39 is 5.79 Å². The van der Waals surface area contributed by atoms with E-state index in [-0.39, 0.29) is 5.84 Å². The topological polar surface area (TPSA) is 98.2 Å². The Morgan fingerprint density at radius 1 is 1.14 bits per heavy atom. The zero-order chi connectivity index (χ0) is 19.4. The van der Waals surface area contributed by atoms with Crippen LogP contribution in [0, 0.1) is 0 Å².